The Bertz CT molecular complexity index is 6850. The van der Waals surface area contributed by atoms with Crippen molar-refractivity contribution in [1.29, 1.82) is 0 Å². The molecule has 0 saturated heterocycles. The summed E-state index contributed by atoms with van der Waals surface area (Å²) in [5, 5.41) is 63.7. The van der Waals surface area contributed by atoms with Crippen LogP contribution in [0.5, 0.6) is 0 Å². The number of anilines is 1. The number of nitrogens with one attached hydrogen (secondary N) is 6. The molecule has 36 nitrogen and oxygen atoms in total. The Morgan fingerprint density at radius 1 is 0.431 bits per heavy atom. The lowest BCUT2D eigenvalue weighted by atomic mass is 10.0. The van der Waals surface area contributed by atoms with Gasteiger partial charge in [0.1, 0.15) is 27.6 Å². The van der Waals surface area contributed by atoms with Crippen LogP contribution in [-0.4, -0.2) is 186 Å². The van der Waals surface area contributed by atoms with E-state index in [9.17, 15) is 53.1 Å². The van der Waals surface area contributed by atoms with Gasteiger partial charge in [0.05, 0.1) is 74.3 Å². The molecule has 36 heteroatoms. The number of hydrogen-bond donors (Lipinski definition) is 13. The van der Waals surface area contributed by atoms with Crippen molar-refractivity contribution in [2.75, 3.05) is 72.9 Å². The quantitative estimate of drug-likeness (QED) is 0.0166. The SMILES string of the molecule is COC(=O)/C=C/c1ccc2c(c1)c1n[nH]c(C)c1c(=O)n2CCCN.COC(=O)CCc1ccc2c(c1)c1n[nH]c(C)c1c(=O)n2CCCN.Cc1[nH]nc2c1c(=O)n(CCCN)c1ccc(C(=O)O)cc21.Cc1[nH]nc2c1c(=O)n(CCCN)c1ccc(CCC(=O)O)cc21.Cc1[nH]nc2c1c(=O)n(CCCN)c1ccc(NC(=O)CCN(C)C)cc21. The highest BCUT2D eigenvalue weighted by molar-refractivity contribution is 6.10. The largest absolute Gasteiger partial charge is 0.481 e. The number of carbonyl (C=O) groups excluding carboxylic acids is 3. The maximum atomic E-state index is 12.9. The minimum absolute atomic E-state index is 0.0473. The van der Waals surface area contributed by atoms with E-state index < -0.39 is 17.9 Å². The maximum absolute atomic E-state index is 12.9. The maximum Gasteiger partial charge on any atom is 0.335 e. The monoisotopic (exact) mass is 1680 g/mol. The summed E-state index contributed by atoms with van der Waals surface area (Å²) in [6.07, 6.45) is 8.37. The summed E-state index contributed by atoms with van der Waals surface area (Å²) < 4.78 is 17.9. The standard InChI is InChI=1S/C19H26N6O2.C18H22N4O3.C18H20N4O3.C17H20N4O3.C15H16N4O3/c1-12-17-18(23-22-12)14-11-13(21-16(26)7-10-24(2)3)5-6-15(14)25(19(17)27)9-4-8-20;2*1-11-16-17(21-20-11)13-10-12(5-7-15(23)25-2)4-6-14(13)22(18(16)24)9-3-8-19;1-10-15-16(20-19-10)12-9-11(4-6-14(22)23)3-5-13(12)21(17(15)24)8-2-7-18;1-8-12-13(18-17-8)10-7-9(15(21)22)3-4-11(10)19(14(12)20)6-2-5-16/h5-6,11H,4,7-10,20H2,1-3H3,(H,21,26)(H,22,23);4,6,10H,3,5,7-9,19H2,1-2H3,(H,20,21);4-7,10H,3,8-9,19H2,1-2H3,(H,20,21);3,5,9H,2,4,6-8,18H2,1H3,(H,19,20)(H,22,23);3-4,7H,2,5-6,16H2,1H3,(H,17,18)(H,21,22)/b;;7-5+;;. The third kappa shape index (κ3) is 19.9. The average molecular weight is 1680 g/mol. The normalized spacial score (nSPS) is 11.5. The highest BCUT2D eigenvalue weighted by Crippen LogP contribution is 2.31. The second-order valence-electron chi connectivity index (χ2n) is 30.0. The molecule has 0 unspecified atom stereocenters. The predicted octanol–water partition coefficient (Wildman–Crippen LogP) is 7.57. The smallest absolute Gasteiger partial charge is 0.335 e. The Morgan fingerprint density at radius 2 is 0.764 bits per heavy atom. The van der Waals surface area contributed by atoms with Crippen molar-refractivity contribution < 1.29 is 43.7 Å². The number of aromatic nitrogens is 15. The molecule has 0 radical (unpaired) electrons. The van der Waals surface area contributed by atoms with E-state index in [1.807, 2.05) is 119 Å². The number of nitrogens with zero attached hydrogens (tertiary/aromatic N) is 11. The Labute approximate surface area is 702 Å². The summed E-state index contributed by atoms with van der Waals surface area (Å²) in [7, 11) is 6.58. The Morgan fingerprint density at radius 3 is 1.11 bits per heavy atom. The number of aryl methyl sites for hydroxylation is 12. The summed E-state index contributed by atoms with van der Waals surface area (Å²) in [5.41, 5.74) is 41.8. The highest BCUT2D eigenvalue weighted by atomic mass is 16.5. The summed E-state index contributed by atoms with van der Waals surface area (Å²) in [5.74, 6) is -2.55. The molecule has 0 spiro atoms. The molecule has 123 heavy (non-hydrogen) atoms. The third-order valence-corrected chi connectivity index (χ3v) is 21.2. The summed E-state index contributed by atoms with van der Waals surface area (Å²) in [6, 6.07) is 27.4. The molecule has 1 amide bonds. The Hall–Kier alpha value is -13.7. The molecule has 0 aliphatic carbocycles. The van der Waals surface area contributed by atoms with E-state index in [2.05, 4.69) is 61.0 Å². The number of aliphatic carboxylic acids is 1. The van der Waals surface area contributed by atoms with E-state index in [4.69, 9.17) is 38.5 Å². The first-order chi connectivity index (χ1) is 59.1. The number of carbonyl (C=O) groups is 5. The van der Waals surface area contributed by atoms with Gasteiger partial charge in [-0.2, -0.15) is 25.5 Å². The van der Waals surface area contributed by atoms with Crippen LogP contribution in [0.4, 0.5) is 5.69 Å². The number of H-pyrrole nitrogens is 5. The van der Waals surface area contributed by atoms with Crippen molar-refractivity contribution in [3.05, 3.63) is 200 Å². The number of nitrogens with two attached hydrogens (primary N) is 5. The van der Waals surface area contributed by atoms with Gasteiger partial charge in [0.2, 0.25) is 5.91 Å². The molecule has 0 fully saturated rings. The molecule has 0 aliphatic rings. The van der Waals surface area contributed by atoms with Crippen LogP contribution in [-0.2, 0) is 74.2 Å². The minimum atomic E-state index is -1.01. The van der Waals surface area contributed by atoms with Crippen molar-refractivity contribution >= 4 is 151 Å². The van der Waals surface area contributed by atoms with E-state index in [0.29, 0.717) is 200 Å². The van der Waals surface area contributed by atoms with Crippen molar-refractivity contribution in [2.45, 2.75) is 132 Å². The van der Waals surface area contributed by atoms with E-state index in [-0.39, 0.29) is 51.7 Å². The molecule has 0 saturated carbocycles. The Balaban J connectivity index is 0.000000150. The number of amides is 1. The van der Waals surface area contributed by atoms with E-state index in [1.165, 1.54) is 26.4 Å². The van der Waals surface area contributed by atoms with Crippen LogP contribution in [0.3, 0.4) is 0 Å². The zero-order valence-corrected chi connectivity index (χ0v) is 70.3. The van der Waals surface area contributed by atoms with Crippen molar-refractivity contribution in [1.82, 2.24) is 78.7 Å². The van der Waals surface area contributed by atoms with Gasteiger partial charge in [-0.15, -0.1) is 0 Å². The van der Waals surface area contributed by atoms with Crippen molar-refractivity contribution in [2.24, 2.45) is 28.7 Å². The third-order valence-electron chi connectivity index (χ3n) is 21.2. The molecular formula is C87H104N22O14. The molecule has 18 N–H and O–H groups in total. The van der Waals surface area contributed by atoms with Gasteiger partial charge in [-0.1, -0.05) is 18.2 Å². The molecule has 10 heterocycles. The number of hydrogen-bond acceptors (Lipinski definition) is 23. The van der Waals surface area contributed by atoms with Gasteiger partial charge in [-0.05, 0) is 222 Å². The van der Waals surface area contributed by atoms with Crippen LogP contribution in [0, 0.1) is 34.6 Å². The first kappa shape index (κ1) is 90.1. The van der Waals surface area contributed by atoms with Gasteiger partial charge in [-0.3, -0.25) is 63.8 Å². The van der Waals surface area contributed by atoms with Crippen molar-refractivity contribution in [3.63, 3.8) is 0 Å². The lowest BCUT2D eigenvalue weighted by Crippen LogP contribution is -2.23. The fourth-order valence-electron chi connectivity index (χ4n) is 14.9. The van der Waals surface area contributed by atoms with E-state index in [0.717, 1.165) is 89.5 Å². The molecule has 15 aromatic rings. The highest BCUT2D eigenvalue weighted by Gasteiger charge is 2.23. The topological polar surface area (TPSA) is 543 Å². The van der Waals surface area contributed by atoms with Crippen LogP contribution in [0.1, 0.15) is 107 Å². The lowest BCUT2D eigenvalue weighted by Gasteiger charge is -2.13. The number of esters is 2. The number of carboxylic acids is 2. The number of benzene rings is 5. The predicted molar refractivity (Wildman–Crippen MR) is 477 cm³/mol. The molecule has 0 aliphatic heterocycles. The minimum Gasteiger partial charge on any atom is -0.481 e. The number of ether oxygens (including phenoxy) is 2. The van der Waals surface area contributed by atoms with Crippen LogP contribution in [0.2, 0.25) is 0 Å². The molecular weight excluding hydrogens is 1580 g/mol. The molecule has 0 bridgehead atoms. The number of carboxylic acid groups (broad SMARTS) is 2. The van der Waals surface area contributed by atoms with E-state index >= 15 is 0 Å². The lowest BCUT2D eigenvalue weighted by molar-refractivity contribution is -0.140. The number of methoxy groups -OCH3 is 2. The first-order valence-electron chi connectivity index (χ1n) is 40.4. The van der Waals surface area contributed by atoms with Crippen LogP contribution < -0.4 is 61.8 Å². The number of fused-ring (bicyclic) bond motifs is 15. The van der Waals surface area contributed by atoms with Gasteiger partial charge >= 0.3 is 23.9 Å². The second kappa shape index (κ2) is 40.6. The number of rotatable bonds is 28. The Kier molecular flexibility index (Phi) is 29.8. The number of pyridine rings is 5. The number of aromatic amines is 5. The van der Waals surface area contributed by atoms with Gasteiger partial charge in [-0.25, -0.2) is 9.59 Å². The summed E-state index contributed by atoms with van der Waals surface area (Å²) >= 11 is 0. The summed E-state index contributed by atoms with van der Waals surface area (Å²) in [6.45, 7) is 15.0. The molecule has 0 atom stereocenters. The number of aromatic carboxylic acids is 1. The molecule has 646 valence electrons. The van der Waals surface area contributed by atoms with Gasteiger partial charge in [0, 0.05) is 126 Å². The first-order valence-corrected chi connectivity index (χ1v) is 40.4. The molecule has 5 aromatic carbocycles. The van der Waals surface area contributed by atoms with Crippen LogP contribution in [0.15, 0.2) is 121 Å². The zero-order valence-electron chi connectivity index (χ0n) is 70.3. The summed E-state index contributed by atoms with van der Waals surface area (Å²) in [4.78, 5) is 123. The fourth-order valence-corrected chi connectivity index (χ4v) is 14.9. The van der Waals surface area contributed by atoms with Crippen LogP contribution in [0.25, 0.3) is 115 Å². The molecule has 15 rings (SSSR count). The average Bonchev–Trinajstić information content (AvgIpc) is 1.51. The molecule has 10 aromatic heterocycles. The van der Waals surface area contributed by atoms with E-state index in [1.54, 1.807) is 48.0 Å². The second-order valence-corrected chi connectivity index (χ2v) is 30.0. The van der Waals surface area contributed by atoms with Crippen molar-refractivity contribution in [3.8, 4) is 0 Å². The van der Waals surface area contributed by atoms with Gasteiger partial charge < -0.3 is 81.4 Å². The zero-order chi connectivity index (χ0) is 88.6. The fraction of sp³-hybridized carbons (Fsp3) is 0.345. The van der Waals surface area contributed by atoms with Gasteiger partial charge in [0.15, 0.2) is 0 Å². The van der Waals surface area contributed by atoms with Crippen LogP contribution >= 0.6 is 0 Å². The van der Waals surface area contributed by atoms with Gasteiger partial charge in [0.25, 0.3) is 27.8 Å².